The zero-order chi connectivity index (χ0) is 31.2. The number of rotatable bonds is 9. The molecule has 2 aliphatic heterocycles. The van der Waals surface area contributed by atoms with Gasteiger partial charge in [0, 0.05) is 30.6 Å². The van der Waals surface area contributed by atoms with Crippen molar-refractivity contribution in [2.24, 2.45) is 11.3 Å². The molecule has 236 valence electrons. The SMILES string of the molecule is CCOC(=O)c1ccc2nc(CN3CCC([C@@H]4O[C@](C)(c5ccc(Cl)cn5)Oc5ccccc54)CC3)n(CC3(CF)CC3)c2c1. The Hall–Kier alpha value is -3.53. The van der Waals surface area contributed by atoms with Crippen molar-refractivity contribution in [2.75, 3.05) is 26.4 Å². The molecule has 2 aromatic heterocycles. The number of likely N-dealkylation sites (tertiary alicyclic amines) is 1. The predicted molar refractivity (Wildman–Crippen MR) is 169 cm³/mol. The van der Waals surface area contributed by atoms with Gasteiger partial charge in [-0.05, 0) is 88.0 Å². The first kappa shape index (κ1) is 30.1. The average Bonchev–Trinajstić information content (AvgIpc) is 3.76. The van der Waals surface area contributed by atoms with Gasteiger partial charge in [-0.25, -0.2) is 9.78 Å². The van der Waals surface area contributed by atoms with Crippen molar-refractivity contribution in [2.45, 2.75) is 64.5 Å². The van der Waals surface area contributed by atoms with Gasteiger partial charge in [0.1, 0.15) is 17.3 Å². The van der Waals surface area contributed by atoms with Crippen LogP contribution in [0.15, 0.2) is 60.8 Å². The van der Waals surface area contributed by atoms with Gasteiger partial charge in [0.15, 0.2) is 0 Å². The summed E-state index contributed by atoms with van der Waals surface area (Å²) in [5, 5.41) is 0.562. The summed E-state index contributed by atoms with van der Waals surface area (Å²) in [7, 11) is 0. The lowest BCUT2D eigenvalue weighted by molar-refractivity contribution is -0.244. The number of ether oxygens (including phenoxy) is 3. The highest BCUT2D eigenvalue weighted by molar-refractivity contribution is 6.30. The summed E-state index contributed by atoms with van der Waals surface area (Å²) in [6.45, 7) is 6.62. The van der Waals surface area contributed by atoms with Crippen LogP contribution in [0.4, 0.5) is 4.39 Å². The van der Waals surface area contributed by atoms with E-state index in [0.717, 1.165) is 66.9 Å². The van der Waals surface area contributed by atoms with Crippen LogP contribution in [0.25, 0.3) is 11.0 Å². The molecule has 45 heavy (non-hydrogen) atoms. The minimum absolute atomic E-state index is 0.148. The first-order valence-electron chi connectivity index (χ1n) is 15.8. The van der Waals surface area contributed by atoms with Crippen molar-refractivity contribution in [3.8, 4) is 5.75 Å². The Bertz CT molecular complexity index is 1700. The minimum atomic E-state index is -1.04. The minimum Gasteiger partial charge on any atom is -0.462 e. The lowest BCUT2D eigenvalue weighted by atomic mass is 9.86. The summed E-state index contributed by atoms with van der Waals surface area (Å²) in [5.74, 6) is 0.599. The molecule has 0 spiro atoms. The molecular formula is C35H38ClFN4O4. The Morgan fingerprint density at radius 2 is 1.93 bits per heavy atom. The Morgan fingerprint density at radius 1 is 1.13 bits per heavy atom. The molecule has 10 heteroatoms. The third-order valence-electron chi connectivity index (χ3n) is 9.57. The second-order valence-electron chi connectivity index (χ2n) is 12.8. The number of carbonyl (C=O) groups excluding carboxylic acids is 1. The monoisotopic (exact) mass is 632 g/mol. The first-order valence-corrected chi connectivity index (χ1v) is 16.2. The van der Waals surface area contributed by atoms with E-state index in [1.807, 2.05) is 43.3 Å². The van der Waals surface area contributed by atoms with E-state index < -0.39 is 5.79 Å². The molecule has 2 aromatic carbocycles. The zero-order valence-electron chi connectivity index (χ0n) is 25.7. The van der Waals surface area contributed by atoms with Crippen LogP contribution in [0.1, 0.15) is 73.1 Å². The maximum Gasteiger partial charge on any atom is 0.338 e. The van der Waals surface area contributed by atoms with Crippen LogP contribution in [0.5, 0.6) is 5.75 Å². The van der Waals surface area contributed by atoms with Crippen LogP contribution in [0.2, 0.25) is 5.02 Å². The molecule has 1 aliphatic carbocycles. The molecule has 7 rings (SSSR count). The highest BCUT2D eigenvalue weighted by Gasteiger charge is 2.45. The quantitative estimate of drug-likeness (QED) is 0.180. The first-order chi connectivity index (χ1) is 21.8. The number of alkyl halides is 1. The largest absolute Gasteiger partial charge is 0.462 e. The maximum absolute atomic E-state index is 14.1. The highest BCUT2D eigenvalue weighted by Crippen LogP contribution is 2.49. The third kappa shape index (κ3) is 5.93. The second-order valence-corrected chi connectivity index (χ2v) is 13.2. The van der Waals surface area contributed by atoms with Gasteiger partial charge in [0.25, 0.3) is 5.79 Å². The van der Waals surface area contributed by atoms with Gasteiger partial charge in [-0.1, -0.05) is 29.8 Å². The summed E-state index contributed by atoms with van der Waals surface area (Å²) in [6, 6.07) is 17.2. The van der Waals surface area contributed by atoms with Crippen LogP contribution in [0.3, 0.4) is 0 Å². The number of aromatic nitrogens is 3. The summed E-state index contributed by atoms with van der Waals surface area (Å²) in [6.07, 6.45) is 5.07. The van der Waals surface area contributed by atoms with E-state index >= 15 is 0 Å². The smallest absolute Gasteiger partial charge is 0.338 e. The van der Waals surface area contributed by atoms with Crippen LogP contribution >= 0.6 is 11.6 Å². The topological polar surface area (TPSA) is 78.7 Å². The number of benzene rings is 2. The van der Waals surface area contributed by atoms with Crippen molar-refractivity contribution < 1.29 is 23.4 Å². The summed E-state index contributed by atoms with van der Waals surface area (Å²) < 4.78 is 34.6. The second kappa shape index (κ2) is 12.0. The van der Waals surface area contributed by atoms with Crippen molar-refractivity contribution in [1.82, 2.24) is 19.4 Å². The molecule has 8 nitrogen and oxygen atoms in total. The zero-order valence-corrected chi connectivity index (χ0v) is 26.4. The number of fused-ring (bicyclic) bond motifs is 2. The third-order valence-corrected chi connectivity index (χ3v) is 9.80. The fourth-order valence-electron chi connectivity index (χ4n) is 6.73. The van der Waals surface area contributed by atoms with Crippen LogP contribution < -0.4 is 4.74 Å². The molecule has 2 atom stereocenters. The van der Waals surface area contributed by atoms with Gasteiger partial charge >= 0.3 is 5.97 Å². The number of hydrogen-bond donors (Lipinski definition) is 0. The van der Waals surface area contributed by atoms with E-state index in [0.29, 0.717) is 36.0 Å². The van der Waals surface area contributed by atoms with Crippen LogP contribution in [-0.4, -0.2) is 51.8 Å². The molecule has 0 radical (unpaired) electrons. The lowest BCUT2D eigenvalue weighted by Gasteiger charge is -2.44. The fraction of sp³-hybridized carbons (Fsp3) is 0.457. The average molecular weight is 633 g/mol. The molecule has 4 aromatic rings. The summed E-state index contributed by atoms with van der Waals surface area (Å²) in [5.41, 5.74) is 3.55. The van der Waals surface area contributed by atoms with Gasteiger partial charge in [-0.3, -0.25) is 14.3 Å². The van der Waals surface area contributed by atoms with Crippen molar-refractivity contribution in [3.63, 3.8) is 0 Å². The molecule has 0 amide bonds. The van der Waals surface area contributed by atoms with Crippen molar-refractivity contribution >= 4 is 28.6 Å². The number of para-hydroxylation sites is 1. The molecular weight excluding hydrogens is 595 g/mol. The maximum atomic E-state index is 14.1. The van der Waals surface area contributed by atoms with Gasteiger partial charge in [-0.15, -0.1) is 0 Å². The van der Waals surface area contributed by atoms with Crippen LogP contribution in [-0.2, 0) is 28.4 Å². The van der Waals surface area contributed by atoms with E-state index in [9.17, 15) is 9.18 Å². The van der Waals surface area contributed by atoms with Gasteiger partial charge < -0.3 is 18.8 Å². The molecule has 1 saturated carbocycles. The lowest BCUT2D eigenvalue weighted by Crippen LogP contribution is -2.43. The summed E-state index contributed by atoms with van der Waals surface area (Å²) in [4.78, 5) is 24.4. The van der Waals surface area contributed by atoms with Gasteiger partial charge in [-0.2, -0.15) is 0 Å². The Labute approximate surface area is 267 Å². The van der Waals surface area contributed by atoms with Gasteiger partial charge in [0.2, 0.25) is 0 Å². The normalized spacial score (nSPS) is 23.0. The predicted octanol–water partition coefficient (Wildman–Crippen LogP) is 7.25. The van der Waals surface area contributed by atoms with Crippen molar-refractivity contribution in [1.29, 1.82) is 0 Å². The number of piperidine rings is 1. The number of pyridine rings is 1. The molecule has 0 bridgehead atoms. The standard InChI is InChI=1S/C35H38ClFN4O4/c1-3-43-33(42)24-8-10-27-28(18-24)41(22-35(21-37)14-15-35)31(39-27)20-40-16-12-23(13-17-40)32-26-6-4-5-7-29(26)44-34(2,45-32)30-11-9-25(36)19-38-30/h4-11,18-19,23,32H,3,12-17,20-22H2,1-2H3/t32-,34+/m0/s1. The molecule has 2 fully saturated rings. The molecule has 3 aliphatic rings. The molecule has 0 N–H and O–H groups in total. The Morgan fingerprint density at radius 3 is 2.64 bits per heavy atom. The van der Waals surface area contributed by atoms with E-state index in [4.69, 9.17) is 30.8 Å². The number of hydrogen-bond acceptors (Lipinski definition) is 7. The van der Waals surface area contributed by atoms with E-state index in [2.05, 4.69) is 20.5 Å². The van der Waals surface area contributed by atoms with E-state index in [1.165, 1.54) is 0 Å². The molecule has 4 heterocycles. The number of esters is 1. The van der Waals surface area contributed by atoms with Crippen LogP contribution in [0, 0.1) is 11.3 Å². The Balaban J connectivity index is 1.11. The highest BCUT2D eigenvalue weighted by atomic mass is 35.5. The fourth-order valence-corrected chi connectivity index (χ4v) is 6.84. The van der Waals surface area contributed by atoms with Crippen molar-refractivity contribution in [3.05, 3.63) is 88.5 Å². The number of nitrogens with zero attached hydrogens (tertiary/aromatic N) is 4. The Kier molecular flexibility index (Phi) is 8.04. The molecule has 1 saturated heterocycles. The van der Waals surface area contributed by atoms with Gasteiger partial charge in [0.05, 0.1) is 47.5 Å². The van der Waals surface area contributed by atoms with E-state index in [-0.39, 0.29) is 30.1 Å². The summed E-state index contributed by atoms with van der Waals surface area (Å²) >= 11 is 6.11. The van der Waals surface area contributed by atoms with E-state index in [1.54, 1.807) is 25.3 Å². The number of carbonyl (C=O) groups is 1. The number of halogens is 2. The molecule has 0 unspecified atom stereocenters. The number of imidazole rings is 1.